The third-order valence-corrected chi connectivity index (χ3v) is 3.52. The van der Waals surface area contributed by atoms with Gasteiger partial charge in [-0.3, -0.25) is 0 Å². The highest BCUT2D eigenvalue weighted by molar-refractivity contribution is 7.99. The van der Waals surface area contributed by atoms with Gasteiger partial charge in [0.1, 0.15) is 0 Å². The third kappa shape index (κ3) is 4.67. The topological polar surface area (TPSA) is 32.3 Å². The maximum atomic E-state index is 10.2. The molecule has 0 aliphatic carbocycles. The molecule has 1 fully saturated rings. The van der Waals surface area contributed by atoms with Crippen molar-refractivity contribution < 1.29 is 5.11 Å². The van der Waals surface area contributed by atoms with Crippen LogP contribution in [0.5, 0.6) is 0 Å². The largest absolute Gasteiger partial charge is 0.389 e. The summed E-state index contributed by atoms with van der Waals surface area (Å²) in [5, 5.41) is 13.6. The summed E-state index contributed by atoms with van der Waals surface area (Å²) in [6.07, 6.45) is 1.88. The van der Waals surface area contributed by atoms with Crippen molar-refractivity contribution in [1.29, 1.82) is 0 Å². The van der Waals surface area contributed by atoms with Gasteiger partial charge in [0.15, 0.2) is 0 Å². The molecular weight excluding hydrogens is 194 g/mol. The van der Waals surface area contributed by atoms with Crippen molar-refractivity contribution in [2.24, 2.45) is 5.41 Å². The first-order chi connectivity index (χ1) is 6.41. The van der Waals surface area contributed by atoms with E-state index in [1.807, 2.05) is 11.8 Å². The van der Waals surface area contributed by atoms with Crippen molar-refractivity contribution in [1.82, 2.24) is 5.32 Å². The molecule has 0 saturated carbocycles. The first-order valence-corrected chi connectivity index (χ1v) is 6.58. The molecule has 0 unspecified atom stereocenters. The monoisotopic (exact) mass is 217 g/mol. The predicted molar refractivity (Wildman–Crippen MR) is 63.8 cm³/mol. The van der Waals surface area contributed by atoms with Crippen LogP contribution in [0, 0.1) is 5.41 Å². The Morgan fingerprint density at radius 2 is 1.86 bits per heavy atom. The summed E-state index contributed by atoms with van der Waals surface area (Å²) in [6.45, 7) is 8.36. The summed E-state index contributed by atoms with van der Waals surface area (Å²) in [6, 6.07) is 0. The minimum absolute atomic E-state index is 0.305. The molecule has 14 heavy (non-hydrogen) atoms. The van der Waals surface area contributed by atoms with Gasteiger partial charge in [0.25, 0.3) is 0 Å². The highest BCUT2D eigenvalue weighted by atomic mass is 32.2. The normalized spacial score (nSPS) is 22.3. The summed E-state index contributed by atoms with van der Waals surface area (Å²) in [5.41, 5.74) is -0.129. The molecule has 0 radical (unpaired) electrons. The van der Waals surface area contributed by atoms with Gasteiger partial charge in [0.2, 0.25) is 0 Å². The lowest BCUT2D eigenvalue weighted by atomic mass is 9.94. The zero-order valence-electron chi connectivity index (χ0n) is 9.60. The maximum Gasteiger partial charge on any atom is 0.0787 e. The van der Waals surface area contributed by atoms with E-state index in [0.717, 1.165) is 37.4 Å². The Hall–Kier alpha value is 0.270. The molecule has 84 valence electrons. The zero-order valence-corrected chi connectivity index (χ0v) is 10.4. The average Bonchev–Trinajstić information content (AvgIpc) is 2.02. The molecule has 0 aromatic carbocycles. The van der Waals surface area contributed by atoms with Crippen molar-refractivity contribution in [2.45, 2.75) is 39.2 Å². The SMILES string of the molecule is CC(C)(C)CNCC1(O)CCSCC1. The van der Waals surface area contributed by atoms with E-state index in [4.69, 9.17) is 0 Å². The van der Waals surface area contributed by atoms with Crippen molar-refractivity contribution in [3.63, 3.8) is 0 Å². The van der Waals surface area contributed by atoms with Crippen LogP contribution in [0.15, 0.2) is 0 Å². The number of hydrogen-bond acceptors (Lipinski definition) is 3. The lowest BCUT2D eigenvalue weighted by Gasteiger charge is -2.33. The van der Waals surface area contributed by atoms with Crippen molar-refractivity contribution in [3.8, 4) is 0 Å². The van der Waals surface area contributed by atoms with Crippen LogP contribution < -0.4 is 5.32 Å². The van der Waals surface area contributed by atoms with Crippen LogP contribution in [-0.2, 0) is 0 Å². The molecule has 1 heterocycles. The minimum Gasteiger partial charge on any atom is -0.389 e. The molecular formula is C11H23NOS. The number of thioether (sulfide) groups is 1. The molecule has 1 saturated heterocycles. The van der Waals surface area contributed by atoms with Gasteiger partial charge in [0, 0.05) is 13.1 Å². The quantitative estimate of drug-likeness (QED) is 0.757. The summed E-state index contributed by atoms with van der Waals surface area (Å²) < 4.78 is 0. The van der Waals surface area contributed by atoms with Crippen LogP contribution in [0.3, 0.4) is 0 Å². The summed E-state index contributed by atoms with van der Waals surface area (Å²) in [4.78, 5) is 0. The second kappa shape index (κ2) is 4.86. The van der Waals surface area contributed by atoms with Crippen molar-refractivity contribution >= 4 is 11.8 Å². The number of hydrogen-bond donors (Lipinski definition) is 2. The van der Waals surface area contributed by atoms with E-state index in [-0.39, 0.29) is 0 Å². The molecule has 0 aromatic heterocycles. The van der Waals surface area contributed by atoms with Crippen LogP contribution in [0.4, 0.5) is 0 Å². The Bertz CT molecular complexity index is 171. The summed E-state index contributed by atoms with van der Waals surface area (Å²) in [7, 11) is 0. The lowest BCUT2D eigenvalue weighted by molar-refractivity contribution is 0.0306. The minimum atomic E-state index is -0.434. The molecule has 3 heteroatoms. The van der Waals surface area contributed by atoms with E-state index >= 15 is 0 Å². The van der Waals surface area contributed by atoms with Crippen molar-refractivity contribution in [2.75, 3.05) is 24.6 Å². The average molecular weight is 217 g/mol. The zero-order chi connectivity index (χ0) is 10.7. The highest BCUT2D eigenvalue weighted by Gasteiger charge is 2.29. The Kier molecular flexibility index (Phi) is 4.29. The molecule has 1 rings (SSSR count). The number of rotatable bonds is 3. The van der Waals surface area contributed by atoms with E-state index in [1.165, 1.54) is 0 Å². The molecule has 0 amide bonds. The predicted octanol–water partition coefficient (Wildman–Crippen LogP) is 1.88. The van der Waals surface area contributed by atoms with Gasteiger partial charge in [-0.2, -0.15) is 11.8 Å². The molecule has 1 aliphatic rings. The first kappa shape index (κ1) is 12.3. The molecule has 2 nitrogen and oxygen atoms in total. The standard InChI is InChI=1S/C11H23NOS/c1-10(2,3)8-12-9-11(13)4-6-14-7-5-11/h12-13H,4-9H2,1-3H3. The van der Waals surface area contributed by atoms with Gasteiger partial charge in [-0.05, 0) is 29.8 Å². The fraction of sp³-hybridized carbons (Fsp3) is 1.00. The van der Waals surface area contributed by atoms with Gasteiger partial charge < -0.3 is 10.4 Å². The fourth-order valence-electron chi connectivity index (χ4n) is 1.60. The van der Waals surface area contributed by atoms with Crippen LogP contribution in [0.1, 0.15) is 33.6 Å². The summed E-state index contributed by atoms with van der Waals surface area (Å²) >= 11 is 1.95. The Labute approximate surface area is 91.9 Å². The Morgan fingerprint density at radius 3 is 2.36 bits per heavy atom. The van der Waals surface area contributed by atoms with Crippen LogP contribution >= 0.6 is 11.8 Å². The van der Waals surface area contributed by atoms with Gasteiger partial charge >= 0.3 is 0 Å². The second-order valence-corrected chi connectivity index (χ2v) is 6.73. The summed E-state index contributed by atoms with van der Waals surface area (Å²) in [5.74, 6) is 2.21. The van der Waals surface area contributed by atoms with E-state index in [2.05, 4.69) is 26.1 Å². The van der Waals surface area contributed by atoms with Gasteiger partial charge in [0.05, 0.1) is 5.60 Å². The molecule has 0 aromatic rings. The van der Waals surface area contributed by atoms with E-state index in [0.29, 0.717) is 5.41 Å². The lowest BCUT2D eigenvalue weighted by Crippen LogP contribution is -2.45. The third-order valence-electron chi connectivity index (χ3n) is 2.53. The molecule has 0 atom stereocenters. The maximum absolute atomic E-state index is 10.2. The smallest absolute Gasteiger partial charge is 0.0787 e. The Morgan fingerprint density at radius 1 is 1.29 bits per heavy atom. The van der Waals surface area contributed by atoms with E-state index < -0.39 is 5.60 Å². The fourth-order valence-corrected chi connectivity index (χ4v) is 2.85. The molecule has 2 N–H and O–H groups in total. The van der Waals surface area contributed by atoms with Crippen LogP contribution in [0.2, 0.25) is 0 Å². The van der Waals surface area contributed by atoms with Gasteiger partial charge in [-0.15, -0.1) is 0 Å². The molecule has 0 bridgehead atoms. The second-order valence-electron chi connectivity index (χ2n) is 5.50. The van der Waals surface area contributed by atoms with Crippen LogP contribution in [0.25, 0.3) is 0 Å². The van der Waals surface area contributed by atoms with E-state index in [1.54, 1.807) is 0 Å². The number of aliphatic hydroxyl groups is 1. The van der Waals surface area contributed by atoms with Gasteiger partial charge in [-0.1, -0.05) is 20.8 Å². The van der Waals surface area contributed by atoms with Crippen LogP contribution in [-0.4, -0.2) is 35.3 Å². The Balaban J connectivity index is 2.22. The van der Waals surface area contributed by atoms with E-state index in [9.17, 15) is 5.11 Å². The molecule has 1 aliphatic heterocycles. The molecule has 0 spiro atoms. The first-order valence-electron chi connectivity index (χ1n) is 5.42. The van der Waals surface area contributed by atoms with Gasteiger partial charge in [-0.25, -0.2) is 0 Å². The highest BCUT2D eigenvalue weighted by Crippen LogP contribution is 2.26. The number of nitrogens with one attached hydrogen (secondary N) is 1. The van der Waals surface area contributed by atoms with Crippen molar-refractivity contribution in [3.05, 3.63) is 0 Å².